The quantitative estimate of drug-likeness (QED) is 0.502. The lowest BCUT2D eigenvalue weighted by atomic mass is 10.1. The molecule has 6 rings (SSSR count). The second kappa shape index (κ2) is 11.6. The molecule has 3 aliphatic heterocycles. The summed E-state index contributed by atoms with van der Waals surface area (Å²) in [5.74, 6) is 0.947. The van der Waals surface area contributed by atoms with Crippen molar-refractivity contribution in [3.63, 3.8) is 0 Å². The number of amides is 3. The molecular formula is C27H27ClN4O7. The summed E-state index contributed by atoms with van der Waals surface area (Å²) in [7, 11) is 1.48. The highest BCUT2D eigenvalue weighted by atomic mass is 35.5. The minimum Gasteiger partial charge on any atom is -0.493 e. The molecule has 0 aliphatic carbocycles. The molecule has 39 heavy (non-hydrogen) atoms. The van der Waals surface area contributed by atoms with E-state index in [9.17, 15) is 14.4 Å². The summed E-state index contributed by atoms with van der Waals surface area (Å²) in [5.41, 5.74) is 1.19. The first-order chi connectivity index (χ1) is 18.9. The molecule has 2 atom stereocenters. The molecule has 3 aromatic rings. The molecule has 2 aromatic carbocycles. The van der Waals surface area contributed by atoms with E-state index in [2.05, 4.69) is 15.8 Å². The van der Waals surface area contributed by atoms with Crippen molar-refractivity contribution in [2.45, 2.75) is 31.5 Å². The number of hydrogen-bond acceptors (Lipinski definition) is 8. The van der Waals surface area contributed by atoms with Gasteiger partial charge in [0.2, 0.25) is 5.91 Å². The van der Waals surface area contributed by atoms with Gasteiger partial charge in [0, 0.05) is 37.6 Å². The van der Waals surface area contributed by atoms with Crippen molar-refractivity contribution >= 4 is 29.3 Å². The van der Waals surface area contributed by atoms with E-state index in [-0.39, 0.29) is 54.7 Å². The van der Waals surface area contributed by atoms with E-state index >= 15 is 0 Å². The van der Waals surface area contributed by atoms with Crippen molar-refractivity contribution in [1.29, 1.82) is 0 Å². The predicted octanol–water partition coefficient (Wildman–Crippen LogP) is 2.37. The van der Waals surface area contributed by atoms with Gasteiger partial charge in [0.25, 0.3) is 11.8 Å². The Labute approximate surface area is 229 Å². The van der Waals surface area contributed by atoms with Gasteiger partial charge < -0.3 is 34.3 Å². The number of nitrogens with zero attached hydrogens (tertiary/aromatic N) is 2. The molecule has 3 amide bonds. The van der Waals surface area contributed by atoms with Gasteiger partial charge in [-0.3, -0.25) is 14.4 Å². The summed E-state index contributed by atoms with van der Waals surface area (Å²) >= 11 is 5.80. The number of carbonyl (C=O) groups is 3. The standard InChI is InChI=1S/C27H27ClN4O7/c1-36-21-8-4-17-10-22(21)37-15-25(33)29-12-16-2-5-18(6-3-16)38-23-14-32(13-20(23)30-27(17)35)26(34)9-7-19-11-24(28)31-39-19/h2-6,8,10-11,20,23H,7,9,12-15H2,1H3,(H,29,33)(H,30,35)/t20-,23-/m0/s1. The van der Waals surface area contributed by atoms with E-state index in [4.69, 9.17) is 30.3 Å². The lowest BCUT2D eigenvalue weighted by Gasteiger charge is -2.21. The van der Waals surface area contributed by atoms with Crippen molar-refractivity contribution < 1.29 is 33.1 Å². The van der Waals surface area contributed by atoms with Gasteiger partial charge in [-0.1, -0.05) is 28.9 Å². The van der Waals surface area contributed by atoms with E-state index < -0.39 is 12.1 Å². The molecule has 0 radical (unpaired) electrons. The molecule has 2 N–H and O–H groups in total. The highest BCUT2D eigenvalue weighted by molar-refractivity contribution is 6.29. The maximum atomic E-state index is 13.3. The maximum Gasteiger partial charge on any atom is 0.258 e. The highest BCUT2D eigenvalue weighted by Gasteiger charge is 2.38. The first-order valence-electron chi connectivity index (χ1n) is 12.4. The average molecular weight is 555 g/mol. The summed E-state index contributed by atoms with van der Waals surface area (Å²) in [5, 5.41) is 9.67. The molecule has 204 valence electrons. The Morgan fingerprint density at radius 1 is 1.15 bits per heavy atom. The van der Waals surface area contributed by atoms with Crippen LogP contribution in [-0.4, -0.2) is 66.7 Å². The van der Waals surface area contributed by atoms with Crippen LogP contribution in [-0.2, 0) is 22.6 Å². The first-order valence-corrected chi connectivity index (χ1v) is 12.8. The van der Waals surface area contributed by atoms with Crippen molar-refractivity contribution in [1.82, 2.24) is 20.7 Å². The molecule has 1 saturated heterocycles. The molecule has 1 aromatic heterocycles. The number of aryl methyl sites for hydroxylation is 1. The maximum absolute atomic E-state index is 13.3. The van der Waals surface area contributed by atoms with Gasteiger partial charge >= 0.3 is 0 Å². The topological polar surface area (TPSA) is 132 Å². The summed E-state index contributed by atoms with van der Waals surface area (Å²) in [4.78, 5) is 40.3. The third-order valence-corrected chi connectivity index (χ3v) is 6.71. The molecule has 12 heteroatoms. The molecule has 11 nitrogen and oxygen atoms in total. The van der Waals surface area contributed by atoms with Gasteiger partial charge in [0.05, 0.1) is 19.7 Å². The normalized spacial score (nSPS) is 19.3. The summed E-state index contributed by atoms with van der Waals surface area (Å²) in [6, 6.07) is 13.1. The van der Waals surface area contributed by atoms with Crippen LogP contribution >= 0.6 is 11.6 Å². The Hall–Kier alpha value is -4.25. The number of ether oxygens (including phenoxy) is 3. The van der Waals surface area contributed by atoms with Crippen molar-refractivity contribution in [2.75, 3.05) is 26.8 Å². The summed E-state index contributed by atoms with van der Waals surface area (Å²) in [6.07, 6.45) is 0.0516. The van der Waals surface area contributed by atoms with Crippen LogP contribution in [0.4, 0.5) is 0 Å². The van der Waals surface area contributed by atoms with Crippen molar-refractivity contribution in [3.8, 4) is 17.2 Å². The Balaban J connectivity index is 1.37. The molecular weight excluding hydrogens is 528 g/mol. The smallest absolute Gasteiger partial charge is 0.258 e. The summed E-state index contributed by atoms with van der Waals surface area (Å²) < 4.78 is 22.3. The third kappa shape index (κ3) is 6.43. The predicted molar refractivity (Wildman–Crippen MR) is 139 cm³/mol. The lowest BCUT2D eigenvalue weighted by Crippen LogP contribution is -2.45. The fraction of sp³-hybridized carbons (Fsp3) is 0.333. The largest absolute Gasteiger partial charge is 0.493 e. The molecule has 1 fully saturated rings. The molecule has 0 saturated carbocycles. The number of carbonyl (C=O) groups excluding carboxylic acids is 3. The SMILES string of the molecule is COc1ccc2cc1OCC(=O)NCc1ccc(cc1)O[C@H]1CN(C(=O)CCc3cc(Cl)no3)C[C@@H]1NC2=O. The van der Waals surface area contributed by atoms with Gasteiger partial charge in [0.15, 0.2) is 23.3 Å². The van der Waals surface area contributed by atoms with Gasteiger partial charge in [-0.2, -0.15) is 0 Å². The molecule has 0 unspecified atom stereocenters. The minimum atomic E-state index is -0.493. The highest BCUT2D eigenvalue weighted by Crippen LogP contribution is 2.29. The number of halogens is 1. The van der Waals surface area contributed by atoms with Crippen LogP contribution in [0.3, 0.4) is 0 Å². The number of fused-ring (bicyclic) bond motifs is 7. The van der Waals surface area contributed by atoms with Crippen molar-refractivity contribution in [3.05, 3.63) is 70.6 Å². The second-order valence-corrected chi connectivity index (χ2v) is 9.61. The Morgan fingerprint density at radius 2 is 1.97 bits per heavy atom. The van der Waals surface area contributed by atoms with Crippen LogP contribution in [0.2, 0.25) is 5.15 Å². The molecule has 4 heterocycles. The zero-order valence-corrected chi connectivity index (χ0v) is 21.9. The van der Waals surface area contributed by atoms with Crippen LogP contribution in [0.25, 0.3) is 0 Å². The molecule has 0 spiro atoms. The Bertz CT molecular complexity index is 1360. The number of nitrogens with one attached hydrogen (secondary N) is 2. The zero-order chi connectivity index (χ0) is 27.4. The van der Waals surface area contributed by atoms with Crippen LogP contribution in [0.15, 0.2) is 53.1 Å². The Morgan fingerprint density at radius 3 is 2.72 bits per heavy atom. The average Bonchev–Trinajstić information content (AvgIpc) is 3.54. The van der Waals surface area contributed by atoms with Crippen LogP contribution in [0.5, 0.6) is 17.2 Å². The molecule has 3 aliphatic rings. The van der Waals surface area contributed by atoms with Gasteiger partial charge in [-0.05, 0) is 35.9 Å². The number of aromatic nitrogens is 1. The van der Waals surface area contributed by atoms with E-state index in [1.165, 1.54) is 13.2 Å². The van der Waals surface area contributed by atoms with Crippen LogP contribution < -0.4 is 24.8 Å². The second-order valence-electron chi connectivity index (χ2n) is 9.23. The summed E-state index contributed by atoms with van der Waals surface area (Å²) in [6.45, 7) is 0.618. The number of rotatable bonds is 4. The zero-order valence-electron chi connectivity index (χ0n) is 21.1. The van der Waals surface area contributed by atoms with Gasteiger partial charge in [0.1, 0.15) is 17.6 Å². The first kappa shape index (κ1) is 26.4. The van der Waals surface area contributed by atoms with Gasteiger partial charge in [-0.15, -0.1) is 0 Å². The fourth-order valence-electron chi connectivity index (χ4n) is 4.47. The number of likely N-dealkylation sites (tertiary alicyclic amines) is 1. The fourth-order valence-corrected chi connectivity index (χ4v) is 4.62. The van der Waals surface area contributed by atoms with E-state index in [1.807, 2.05) is 12.1 Å². The van der Waals surface area contributed by atoms with Crippen molar-refractivity contribution in [2.24, 2.45) is 0 Å². The third-order valence-electron chi connectivity index (χ3n) is 6.54. The van der Waals surface area contributed by atoms with E-state index in [0.717, 1.165) is 5.56 Å². The Kier molecular flexibility index (Phi) is 7.87. The number of benzene rings is 2. The monoisotopic (exact) mass is 554 g/mol. The van der Waals surface area contributed by atoms with Crippen LogP contribution in [0, 0.1) is 0 Å². The van der Waals surface area contributed by atoms with Gasteiger partial charge in [-0.25, -0.2) is 0 Å². The number of methoxy groups -OCH3 is 1. The number of hydrogen-bond donors (Lipinski definition) is 2. The minimum absolute atomic E-state index is 0.110. The van der Waals surface area contributed by atoms with Crippen LogP contribution in [0.1, 0.15) is 28.1 Å². The lowest BCUT2D eigenvalue weighted by molar-refractivity contribution is -0.130. The van der Waals surface area contributed by atoms with E-state index in [1.54, 1.807) is 35.2 Å². The molecule has 4 bridgehead atoms. The van der Waals surface area contributed by atoms with E-state index in [0.29, 0.717) is 35.8 Å².